The zero-order valence-electron chi connectivity index (χ0n) is 22.6. The number of hydrogen-bond donors (Lipinski definition) is 2. The van der Waals surface area contributed by atoms with Crippen molar-refractivity contribution in [3.05, 3.63) is 53.7 Å². The van der Waals surface area contributed by atoms with E-state index in [0.717, 1.165) is 5.69 Å². The van der Waals surface area contributed by atoms with Crippen LogP contribution in [0.3, 0.4) is 0 Å². The third-order valence-corrected chi connectivity index (χ3v) is 6.82. The van der Waals surface area contributed by atoms with Gasteiger partial charge >= 0.3 is 0 Å². The smallest absolute Gasteiger partial charge is 0.295 e. The van der Waals surface area contributed by atoms with Gasteiger partial charge in [-0.2, -0.15) is 0 Å². The average Bonchev–Trinajstić information content (AvgIpc) is 3.73. The van der Waals surface area contributed by atoms with Crippen molar-refractivity contribution in [2.45, 2.75) is 26.3 Å². The summed E-state index contributed by atoms with van der Waals surface area (Å²) in [7, 11) is 1.52. The van der Waals surface area contributed by atoms with E-state index in [1.54, 1.807) is 21.8 Å². The molecule has 40 heavy (non-hydrogen) atoms. The Balaban J connectivity index is 1.24. The highest BCUT2D eigenvalue weighted by molar-refractivity contribution is 6.45. The molecule has 0 spiro atoms. The van der Waals surface area contributed by atoms with Crippen molar-refractivity contribution in [1.29, 1.82) is 0 Å². The molecule has 1 amide bonds. The Hall–Kier alpha value is -4.29. The first-order valence-corrected chi connectivity index (χ1v) is 13.2. The molecule has 0 atom stereocenters. The second kappa shape index (κ2) is 12.3. The van der Waals surface area contributed by atoms with E-state index in [4.69, 9.17) is 13.9 Å². The molecule has 0 bridgehead atoms. The Morgan fingerprint density at radius 2 is 1.95 bits per heavy atom. The molecule has 1 aliphatic rings. The summed E-state index contributed by atoms with van der Waals surface area (Å²) in [6, 6.07) is 7.24. The molecule has 4 aromatic rings. The highest BCUT2D eigenvalue weighted by Gasteiger charge is 2.28. The number of ether oxygens (including phenoxy) is 2. The first-order valence-electron chi connectivity index (χ1n) is 13.2. The lowest BCUT2D eigenvalue weighted by Gasteiger charge is -2.26. The van der Waals surface area contributed by atoms with Gasteiger partial charge in [0.1, 0.15) is 23.9 Å². The lowest BCUT2D eigenvalue weighted by Crippen LogP contribution is -2.48. The molecule has 0 radical (unpaired) electrons. The third kappa shape index (κ3) is 5.97. The number of rotatable bonds is 12. The Labute approximate surface area is 230 Å². The van der Waals surface area contributed by atoms with Crippen LogP contribution in [0, 0.1) is 6.92 Å². The van der Waals surface area contributed by atoms with Crippen molar-refractivity contribution < 1.29 is 28.3 Å². The Morgan fingerprint density at radius 3 is 2.70 bits per heavy atom. The Bertz CT molecular complexity index is 1510. The molecule has 5 rings (SSSR count). The normalized spacial score (nSPS) is 13.6. The van der Waals surface area contributed by atoms with Crippen LogP contribution >= 0.6 is 0 Å². The van der Waals surface area contributed by atoms with Gasteiger partial charge in [-0.3, -0.25) is 14.4 Å². The van der Waals surface area contributed by atoms with Crippen molar-refractivity contribution in [3.8, 4) is 17.1 Å². The fraction of sp³-hybridized carbons (Fsp3) is 0.393. The number of piperazine rings is 1. The zero-order valence-corrected chi connectivity index (χ0v) is 22.6. The number of nitrogens with zero attached hydrogens (tertiary/aromatic N) is 4. The van der Waals surface area contributed by atoms with E-state index < -0.39 is 11.7 Å². The molecule has 1 saturated heterocycles. The molecule has 2 N–H and O–H groups in total. The topological polar surface area (TPSA) is 145 Å². The maximum atomic E-state index is 13.2. The summed E-state index contributed by atoms with van der Waals surface area (Å²) in [4.78, 5) is 43.1. The summed E-state index contributed by atoms with van der Waals surface area (Å²) in [5, 5.41) is 11.6. The highest BCUT2D eigenvalue weighted by atomic mass is 16.5. The van der Waals surface area contributed by atoms with Crippen LogP contribution in [0.5, 0.6) is 5.75 Å². The van der Waals surface area contributed by atoms with Gasteiger partial charge in [-0.1, -0.05) is 5.21 Å². The minimum Gasteiger partial charge on any atom is -0.496 e. The van der Waals surface area contributed by atoms with Crippen LogP contribution in [0.2, 0.25) is 0 Å². The van der Waals surface area contributed by atoms with E-state index in [9.17, 15) is 14.4 Å². The largest absolute Gasteiger partial charge is 0.496 e. The van der Waals surface area contributed by atoms with Crippen LogP contribution in [-0.4, -0.2) is 88.9 Å². The van der Waals surface area contributed by atoms with E-state index >= 15 is 0 Å². The fourth-order valence-corrected chi connectivity index (χ4v) is 4.74. The van der Waals surface area contributed by atoms with Gasteiger partial charge in [0.15, 0.2) is 5.78 Å². The molecule has 12 heteroatoms. The molecule has 1 aromatic carbocycles. The summed E-state index contributed by atoms with van der Waals surface area (Å²) >= 11 is 0. The molecule has 1 aliphatic heterocycles. The van der Waals surface area contributed by atoms with E-state index in [1.807, 2.05) is 31.3 Å². The van der Waals surface area contributed by atoms with Gasteiger partial charge in [-0.05, 0) is 31.2 Å². The Kier molecular flexibility index (Phi) is 8.37. The molecule has 210 valence electrons. The number of hydrogen-bond acceptors (Lipinski definition) is 9. The summed E-state index contributed by atoms with van der Waals surface area (Å²) < 4.78 is 18.7. The van der Waals surface area contributed by atoms with Crippen LogP contribution in [0.15, 0.2) is 41.1 Å². The van der Waals surface area contributed by atoms with Gasteiger partial charge in [0.2, 0.25) is 0 Å². The highest BCUT2D eigenvalue weighted by Crippen LogP contribution is 2.37. The van der Waals surface area contributed by atoms with Gasteiger partial charge in [-0.15, -0.1) is 5.10 Å². The number of aromatic amines is 1. The predicted molar refractivity (Wildman–Crippen MR) is 145 cm³/mol. The standard InChI is InChI=1S/C28H32N6O6/c1-18-16-34(32-31-18)13-14-39-17-19(35)3-4-20-5-7-23(40-20)21-6-8-24(38-2)25-22(15-30-26(21)25)27(36)28(37)33-11-9-29-10-12-33/h5-8,15-16,29-30H,3-4,9-14,17H2,1-2H3. The molecule has 3 aromatic heterocycles. The second-order valence-electron chi connectivity index (χ2n) is 9.62. The number of amides is 1. The minimum absolute atomic E-state index is 0.0201. The van der Waals surface area contributed by atoms with E-state index in [2.05, 4.69) is 20.6 Å². The number of benzene rings is 1. The predicted octanol–water partition coefficient (Wildman–Crippen LogP) is 2.17. The fourth-order valence-electron chi connectivity index (χ4n) is 4.74. The number of H-pyrrole nitrogens is 1. The molecule has 12 nitrogen and oxygen atoms in total. The number of aromatic nitrogens is 4. The summed E-state index contributed by atoms with van der Waals surface area (Å²) in [6.07, 6.45) is 4.07. The van der Waals surface area contributed by atoms with Crippen LogP contribution < -0.4 is 10.1 Å². The van der Waals surface area contributed by atoms with Gasteiger partial charge < -0.3 is 29.1 Å². The van der Waals surface area contributed by atoms with Gasteiger partial charge in [0, 0.05) is 57.0 Å². The van der Waals surface area contributed by atoms with Crippen molar-refractivity contribution in [2.24, 2.45) is 0 Å². The number of methoxy groups -OCH3 is 1. The second-order valence-corrected chi connectivity index (χ2v) is 9.62. The number of furan rings is 1. The average molecular weight is 549 g/mol. The summed E-state index contributed by atoms with van der Waals surface area (Å²) in [6.45, 7) is 5.07. The molecule has 1 fully saturated rings. The van der Waals surface area contributed by atoms with Crippen LogP contribution in [0.4, 0.5) is 0 Å². The number of carbonyl (C=O) groups excluding carboxylic acids is 3. The van der Waals surface area contributed by atoms with Crippen molar-refractivity contribution in [3.63, 3.8) is 0 Å². The molecule has 0 unspecified atom stereocenters. The van der Waals surface area contributed by atoms with E-state index in [1.165, 1.54) is 7.11 Å². The SMILES string of the molecule is COc1ccc(-c2ccc(CCC(=O)COCCn3cc(C)nn3)o2)c2[nH]cc(C(=O)C(=O)N3CCNCC3)c12. The maximum absolute atomic E-state index is 13.2. The molecule has 0 saturated carbocycles. The quantitative estimate of drug-likeness (QED) is 0.155. The number of nitrogens with one attached hydrogen (secondary N) is 2. The lowest BCUT2D eigenvalue weighted by atomic mass is 10.0. The lowest BCUT2D eigenvalue weighted by molar-refractivity contribution is -0.127. The van der Waals surface area contributed by atoms with E-state index in [0.29, 0.717) is 79.5 Å². The van der Waals surface area contributed by atoms with Gasteiger partial charge in [0.25, 0.3) is 11.7 Å². The molecule has 4 heterocycles. The Morgan fingerprint density at radius 1 is 1.12 bits per heavy atom. The number of carbonyl (C=O) groups is 3. The zero-order chi connectivity index (χ0) is 28.1. The number of fused-ring (bicyclic) bond motifs is 1. The molecular formula is C28H32N6O6. The summed E-state index contributed by atoms with van der Waals surface area (Å²) in [5.74, 6) is 0.568. The van der Waals surface area contributed by atoms with Crippen LogP contribution in [0.25, 0.3) is 22.2 Å². The van der Waals surface area contributed by atoms with Gasteiger partial charge in [0.05, 0.1) is 42.4 Å². The first kappa shape index (κ1) is 27.3. The summed E-state index contributed by atoms with van der Waals surface area (Å²) in [5.41, 5.74) is 2.43. The number of aryl methyl sites for hydroxylation is 2. The number of ketones is 2. The monoisotopic (exact) mass is 548 g/mol. The van der Waals surface area contributed by atoms with Crippen LogP contribution in [0.1, 0.15) is 28.2 Å². The third-order valence-electron chi connectivity index (χ3n) is 6.82. The minimum atomic E-state index is -0.583. The first-order chi connectivity index (χ1) is 19.4. The van der Waals surface area contributed by atoms with E-state index in [-0.39, 0.29) is 24.4 Å². The van der Waals surface area contributed by atoms with Crippen molar-refractivity contribution in [2.75, 3.05) is 46.5 Å². The number of Topliss-reactive ketones (excluding diaryl/α,β-unsaturated/α-hetero) is 2. The van der Waals surface area contributed by atoms with Crippen molar-refractivity contribution in [1.82, 2.24) is 30.2 Å². The van der Waals surface area contributed by atoms with Crippen molar-refractivity contribution >= 4 is 28.4 Å². The van der Waals surface area contributed by atoms with Gasteiger partial charge in [-0.25, -0.2) is 4.68 Å². The molecular weight excluding hydrogens is 516 g/mol. The molecule has 0 aliphatic carbocycles. The maximum Gasteiger partial charge on any atom is 0.295 e. The van der Waals surface area contributed by atoms with Crippen LogP contribution in [-0.2, 0) is 27.3 Å².